The molecule has 25 heavy (non-hydrogen) atoms. The molecule has 0 aliphatic rings. The number of nitrogens with one attached hydrogen (secondary N) is 1. The maximum absolute atomic E-state index is 11.8. The molecule has 0 saturated carbocycles. The summed E-state index contributed by atoms with van der Waals surface area (Å²) in [7, 11) is 0. The van der Waals surface area contributed by atoms with Gasteiger partial charge in [0.25, 0.3) is 0 Å². The number of ether oxygens (including phenoxy) is 2. The van der Waals surface area contributed by atoms with Crippen LogP contribution in [0.3, 0.4) is 0 Å². The lowest BCUT2D eigenvalue weighted by atomic mass is 10.3. The molecule has 2 rings (SSSR count). The van der Waals surface area contributed by atoms with E-state index in [1.807, 2.05) is 23.3 Å². The minimum atomic E-state index is -0.189. The Balaban J connectivity index is 1.61. The SMILES string of the molecule is CCCCOCCOCC(=O)Nc1cnn(CCc2scnc2C)c1. The molecule has 2 aromatic rings. The predicted octanol–water partition coefficient (Wildman–Crippen LogP) is 2.66. The molecule has 0 aliphatic carbocycles. The minimum Gasteiger partial charge on any atom is -0.379 e. The summed E-state index contributed by atoms with van der Waals surface area (Å²) >= 11 is 1.65. The van der Waals surface area contributed by atoms with Gasteiger partial charge in [-0.15, -0.1) is 11.3 Å². The summed E-state index contributed by atoms with van der Waals surface area (Å²) in [6.45, 7) is 6.58. The maximum Gasteiger partial charge on any atom is 0.250 e. The van der Waals surface area contributed by atoms with Crippen LogP contribution in [0.25, 0.3) is 0 Å². The Morgan fingerprint density at radius 3 is 2.92 bits per heavy atom. The standard InChI is InChI=1S/C17H26N4O3S/c1-3-4-7-23-8-9-24-12-17(22)20-15-10-19-21(11-15)6-5-16-14(2)18-13-25-16/h10-11,13H,3-9,12H2,1-2H3,(H,20,22). The van der Waals surface area contributed by atoms with Crippen LogP contribution in [-0.4, -0.2) is 47.1 Å². The van der Waals surface area contributed by atoms with Crippen LogP contribution in [0.1, 0.15) is 30.3 Å². The molecule has 0 spiro atoms. The fourth-order valence-electron chi connectivity index (χ4n) is 2.16. The highest BCUT2D eigenvalue weighted by Crippen LogP contribution is 2.14. The quantitative estimate of drug-likeness (QED) is 0.584. The third kappa shape index (κ3) is 7.33. The van der Waals surface area contributed by atoms with Crippen LogP contribution in [-0.2, 0) is 27.2 Å². The number of rotatable bonds is 12. The lowest BCUT2D eigenvalue weighted by molar-refractivity contribution is -0.121. The molecule has 2 aromatic heterocycles. The summed E-state index contributed by atoms with van der Waals surface area (Å²) in [6.07, 6.45) is 6.51. The van der Waals surface area contributed by atoms with Gasteiger partial charge in [-0.1, -0.05) is 13.3 Å². The first kappa shape index (κ1) is 19.6. The fraction of sp³-hybridized carbons (Fsp3) is 0.588. The second-order valence-corrected chi connectivity index (χ2v) is 6.61. The van der Waals surface area contributed by atoms with Gasteiger partial charge in [0.05, 0.1) is 36.3 Å². The highest BCUT2D eigenvalue weighted by molar-refractivity contribution is 7.09. The molecular weight excluding hydrogens is 340 g/mol. The third-order valence-corrected chi connectivity index (χ3v) is 4.57. The van der Waals surface area contributed by atoms with Gasteiger partial charge in [0.15, 0.2) is 0 Å². The molecule has 0 fully saturated rings. The Bertz CT molecular complexity index is 641. The van der Waals surface area contributed by atoms with Gasteiger partial charge in [0, 0.05) is 30.6 Å². The van der Waals surface area contributed by atoms with Gasteiger partial charge in [0.1, 0.15) is 6.61 Å². The molecule has 2 heterocycles. The Morgan fingerprint density at radius 1 is 1.32 bits per heavy atom. The number of anilines is 1. The van der Waals surface area contributed by atoms with Gasteiger partial charge in [-0.3, -0.25) is 9.48 Å². The van der Waals surface area contributed by atoms with E-state index in [1.54, 1.807) is 17.5 Å². The molecule has 0 bridgehead atoms. The van der Waals surface area contributed by atoms with Crippen molar-refractivity contribution in [1.29, 1.82) is 0 Å². The Kier molecular flexibility index (Phi) is 8.58. The number of thiazole rings is 1. The highest BCUT2D eigenvalue weighted by atomic mass is 32.1. The molecule has 0 aliphatic heterocycles. The first-order valence-corrected chi connectivity index (χ1v) is 9.43. The molecule has 1 N–H and O–H groups in total. The smallest absolute Gasteiger partial charge is 0.250 e. The van der Waals surface area contributed by atoms with Crippen molar-refractivity contribution in [2.24, 2.45) is 0 Å². The average Bonchev–Trinajstić information content (AvgIpc) is 3.21. The zero-order valence-electron chi connectivity index (χ0n) is 14.9. The monoisotopic (exact) mass is 366 g/mol. The fourth-order valence-corrected chi connectivity index (χ4v) is 2.93. The second kappa shape index (κ2) is 11.0. The molecule has 1 amide bonds. The van der Waals surface area contributed by atoms with Crippen molar-refractivity contribution in [3.05, 3.63) is 28.5 Å². The number of hydrogen-bond donors (Lipinski definition) is 1. The largest absolute Gasteiger partial charge is 0.379 e. The molecule has 0 saturated heterocycles. The van der Waals surface area contributed by atoms with E-state index < -0.39 is 0 Å². The van der Waals surface area contributed by atoms with Crippen LogP contribution < -0.4 is 5.32 Å². The molecule has 0 unspecified atom stereocenters. The van der Waals surface area contributed by atoms with E-state index in [2.05, 4.69) is 22.3 Å². The van der Waals surface area contributed by atoms with E-state index in [0.717, 1.165) is 38.1 Å². The van der Waals surface area contributed by atoms with E-state index in [0.29, 0.717) is 18.9 Å². The summed E-state index contributed by atoms with van der Waals surface area (Å²) in [5, 5.41) is 7.04. The van der Waals surface area contributed by atoms with Crippen molar-refractivity contribution >= 4 is 22.9 Å². The predicted molar refractivity (Wildman–Crippen MR) is 98.0 cm³/mol. The van der Waals surface area contributed by atoms with Crippen LogP contribution in [0.2, 0.25) is 0 Å². The number of hydrogen-bond acceptors (Lipinski definition) is 6. The molecule has 7 nitrogen and oxygen atoms in total. The van der Waals surface area contributed by atoms with Gasteiger partial charge >= 0.3 is 0 Å². The van der Waals surface area contributed by atoms with Crippen molar-refractivity contribution < 1.29 is 14.3 Å². The number of unbranched alkanes of at least 4 members (excludes halogenated alkanes) is 1. The van der Waals surface area contributed by atoms with Crippen molar-refractivity contribution in [2.45, 2.75) is 39.7 Å². The van der Waals surface area contributed by atoms with Gasteiger partial charge < -0.3 is 14.8 Å². The molecule has 0 radical (unpaired) electrons. The molecular formula is C17H26N4O3S. The van der Waals surface area contributed by atoms with Gasteiger partial charge in [0.2, 0.25) is 5.91 Å². The van der Waals surface area contributed by atoms with Gasteiger partial charge in [-0.25, -0.2) is 4.98 Å². The summed E-state index contributed by atoms with van der Waals surface area (Å²) < 4.78 is 12.5. The van der Waals surface area contributed by atoms with Crippen molar-refractivity contribution in [3.63, 3.8) is 0 Å². The Labute approximate surface area is 152 Å². The minimum absolute atomic E-state index is 0.0162. The van der Waals surface area contributed by atoms with Crippen LogP contribution in [0, 0.1) is 6.92 Å². The summed E-state index contributed by atoms with van der Waals surface area (Å²) in [5.41, 5.74) is 3.60. The van der Waals surface area contributed by atoms with Crippen LogP contribution in [0.4, 0.5) is 5.69 Å². The van der Waals surface area contributed by atoms with Crippen molar-refractivity contribution in [1.82, 2.24) is 14.8 Å². The zero-order chi connectivity index (χ0) is 17.9. The number of carbonyl (C=O) groups is 1. The van der Waals surface area contributed by atoms with E-state index >= 15 is 0 Å². The van der Waals surface area contributed by atoms with Crippen LogP contribution in [0.15, 0.2) is 17.9 Å². The average molecular weight is 366 g/mol. The molecule has 0 atom stereocenters. The van der Waals surface area contributed by atoms with Gasteiger partial charge in [-0.2, -0.15) is 5.10 Å². The molecule has 0 aromatic carbocycles. The number of amides is 1. The first-order valence-electron chi connectivity index (χ1n) is 8.55. The lowest BCUT2D eigenvalue weighted by Crippen LogP contribution is -2.19. The van der Waals surface area contributed by atoms with Crippen LogP contribution in [0.5, 0.6) is 0 Å². The summed E-state index contributed by atoms with van der Waals surface area (Å²) in [6, 6.07) is 0. The van der Waals surface area contributed by atoms with Crippen molar-refractivity contribution in [2.75, 3.05) is 31.7 Å². The summed E-state index contributed by atoms with van der Waals surface area (Å²) in [5.74, 6) is -0.189. The zero-order valence-corrected chi connectivity index (χ0v) is 15.7. The number of nitrogens with zero attached hydrogens (tertiary/aromatic N) is 3. The van der Waals surface area contributed by atoms with E-state index in [-0.39, 0.29) is 12.5 Å². The highest BCUT2D eigenvalue weighted by Gasteiger charge is 2.06. The van der Waals surface area contributed by atoms with E-state index in [4.69, 9.17) is 9.47 Å². The van der Waals surface area contributed by atoms with Crippen molar-refractivity contribution in [3.8, 4) is 0 Å². The second-order valence-electron chi connectivity index (χ2n) is 5.67. The number of aryl methyl sites for hydroxylation is 3. The maximum atomic E-state index is 11.8. The third-order valence-electron chi connectivity index (χ3n) is 3.58. The first-order chi connectivity index (χ1) is 12.2. The van der Waals surface area contributed by atoms with Gasteiger partial charge in [-0.05, 0) is 13.3 Å². The van der Waals surface area contributed by atoms with E-state index in [1.165, 1.54) is 4.88 Å². The Hall–Kier alpha value is -1.77. The topological polar surface area (TPSA) is 78.3 Å². The number of carbonyl (C=O) groups excluding carboxylic acids is 1. The molecule has 8 heteroatoms. The summed E-state index contributed by atoms with van der Waals surface area (Å²) in [4.78, 5) is 17.3. The van der Waals surface area contributed by atoms with E-state index in [9.17, 15) is 4.79 Å². The Morgan fingerprint density at radius 2 is 2.16 bits per heavy atom. The molecule has 138 valence electrons. The van der Waals surface area contributed by atoms with Crippen LogP contribution >= 0.6 is 11.3 Å². The lowest BCUT2D eigenvalue weighted by Gasteiger charge is -2.05. The number of aromatic nitrogens is 3. The normalized spacial score (nSPS) is 11.0.